The van der Waals surface area contributed by atoms with E-state index in [4.69, 9.17) is 14.6 Å². The first-order valence-electron chi connectivity index (χ1n) is 13.4. The summed E-state index contributed by atoms with van der Waals surface area (Å²) in [5, 5.41) is 7.57. The third kappa shape index (κ3) is 3.52. The second-order valence-electron chi connectivity index (χ2n) is 10.6. The number of nitrogens with zero attached hydrogens (tertiary/aromatic N) is 3. The smallest absolute Gasteiger partial charge is 0.200 e. The van der Waals surface area contributed by atoms with Gasteiger partial charge in [0.15, 0.2) is 0 Å². The summed E-state index contributed by atoms with van der Waals surface area (Å²) in [4.78, 5) is 2.70. The lowest BCUT2D eigenvalue weighted by Gasteiger charge is -2.52. The van der Waals surface area contributed by atoms with Crippen LogP contribution in [-0.2, 0) is 6.42 Å². The number of piperidine rings is 1. The van der Waals surface area contributed by atoms with Crippen molar-refractivity contribution in [2.45, 2.75) is 56.3 Å². The number of rotatable bonds is 3. The van der Waals surface area contributed by atoms with Gasteiger partial charge in [-0.2, -0.15) is 5.10 Å². The fourth-order valence-corrected chi connectivity index (χ4v) is 6.83. The SMILES string of the molecule is COc1cccc(C2=NN3[C@H](C2)c2ccccc2OC32CCN([C@H]3CCCc4ccccc43)CC2)c1. The molecule has 0 aromatic heterocycles. The molecule has 36 heavy (non-hydrogen) atoms. The molecule has 7 rings (SSSR count). The molecule has 1 fully saturated rings. The van der Waals surface area contributed by atoms with Gasteiger partial charge in [-0.05, 0) is 48.6 Å². The number of para-hydroxylation sites is 1. The van der Waals surface area contributed by atoms with E-state index < -0.39 is 5.72 Å². The minimum absolute atomic E-state index is 0.207. The highest BCUT2D eigenvalue weighted by atomic mass is 16.5. The molecule has 0 radical (unpaired) electrons. The lowest BCUT2D eigenvalue weighted by Crippen LogP contribution is -2.59. The largest absolute Gasteiger partial charge is 0.497 e. The summed E-state index contributed by atoms with van der Waals surface area (Å²) in [6.07, 6.45) is 6.52. The van der Waals surface area contributed by atoms with Crippen LogP contribution in [0.15, 0.2) is 77.9 Å². The van der Waals surface area contributed by atoms with Gasteiger partial charge in [0.2, 0.25) is 5.72 Å². The zero-order valence-corrected chi connectivity index (χ0v) is 20.9. The van der Waals surface area contributed by atoms with Crippen LogP contribution in [0.3, 0.4) is 0 Å². The maximum absolute atomic E-state index is 6.88. The molecule has 3 aromatic rings. The number of likely N-dealkylation sites (tertiary alicyclic amines) is 1. The highest BCUT2D eigenvalue weighted by Crippen LogP contribution is 2.51. The lowest BCUT2D eigenvalue weighted by atomic mass is 9.84. The molecule has 1 saturated heterocycles. The van der Waals surface area contributed by atoms with Gasteiger partial charge in [0.25, 0.3) is 0 Å². The quantitative estimate of drug-likeness (QED) is 0.454. The van der Waals surface area contributed by atoms with Gasteiger partial charge in [-0.25, -0.2) is 5.01 Å². The van der Waals surface area contributed by atoms with Gasteiger partial charge in [0, 0.05) is 49.5 Å². The first-order chi connectivity index (χ1) is 17.7. The Morgan fingerprint density at radius 3 is 2.58 bits per heavy atom. The fourth-order valence-electron chi connectivity index (χ4n) is 6.83. The van der Waals surface area contributed by atoms with E-state index in [1.807, 2.05) is 6.07 Å². The van der Waals surface area contributed by atoms with E-state index in [-0.39, 0.29) is 6.04 Å². The van der Waals surface area contributed by atoms with Gasteiger partial charge >= 0.3 is 0 Å². The Morgan fingerprint density at radius 2 is 1.72 bits per heavy atom. The normalized spacial score (nSPS) is 24.4. The van der Waals surface area contributed by atoms with Crippen molar-refractivity contribution in [2.24, 2.45) is 5.10 Å². The number of hydrogen-bond donors (Lipinski definition) is 0. The topological polar surface area (TPSA) is 37.3 Å². The van der Waals surface area contributed by atoms with Gasteiger partial charge in [0.1, 0.15) is 11.5 Å². The second-order valence-corrected chi connectivity index (χ2v) is 10.6. The number of methoxy groups -OCH3 is 1. The van der Waals surface area contributed by atoms with Gasteiger partial charge < -0.3 is 9.47 Å². The van der Waals surface area contributed by atoms with E-state index in [0.717, 1.165) is 55.1 Å². The zero-order chi connectivity index (χ0) is 24.1. The van der Waals surface area contributed by atoms with Crippen molar-refractivity contribution in [3.63, 3.8) is 0 Å². The van der Waals surface area contributed by atoms with Crippen molar-refractivity contribution in [3.05, 3.63) is 95.1 Å². The Bertz CT molecular complexity index is 1310. The third-order valence-corrected chi connectivity index (χ3v) is 8.67. The third-order valence-electron chi connectivity index (χ3n) is 8.67. The highest BCUT2D eigenvalue weighted by molar-refractivity contribution is 6.02. The van der Waals surface area contributed by atoms with Gasteiger partial charge in [-0.15, -0.1) is 0 Å². The van der Waals surface area contributed by atoms with E-state index in [1.165, 1.54) is 36.0 Å². The summed E-state index contributed by atoms with van der Waals surface area (Å²) in [7, 11) is 1.72. The summed E-state index contributed by atoms with van der Waals surface area (Å²) in [6, 6.07) is 26.6. The van der Waals surface area contributed by atoms with Crippen molar-refractivity contribution >= 4 is 5.71 Å². The molecule has 3 aliphatic heterocycles. The average Bonchev–Trinajstić information content (AvgIpc) is 3.41. The van der Waals surface area contributed by atoms with Gasteiger partial charge in [-0.3, -0.25) is 4.90 Å². The molecular weight excluding hydrogens is 446 g/mol. The van der Waals surface area contributed by atoms with Crippen LogP contribution < -0.4 is 9.47 Å². The van der Waals surface area contributed by atoms with Gasteiger partial charge in [0.05, 0.1) is 18.9 Å². The molecule has 0 unspecified atom stereocenters. The zero-order valence-electron chi connectivity index (χ0n) is 20.9. The molecule has 1 spiro atoms. The van der Waals surface area contributed by atoms with E-state index >= 15 is 0 Å². The molecule has 184 valence electrons. The summed E-state index contributed by atoms with van der Waals surface area (Å²) in [5.41, 5.74) is 6.16. The molecule has 0 bridgehead atoms. The van der Waals surface area contributed by atoms with Crippen LogP contribution in [0.25, 0.3) is 0 Å². The number of hydrazone groups is 1. The molecule has 4 aliphatic rings. The Balaban J connectivity index is 1.20. The standard InChI is InChI=1S/C31H33N3O2/c1-35-24-11-6-10-23(20-24)27-21-29-26-13-4-5-15-30(26)36-31(34(29)32-27)16-18-33(19-17-31)28-14-7-9-22-8-2-3-12-25(22)28/h2-6,8,10-13,15,20,28-29H,7,9,14,16-19,21H2,1H3/t28-,29+/m0/s1. The molecule has 3 heterocycles. The van der Waals surface area contributed by atoms with Crippen LogP contribution in [0.5, 0.6) is 11.5 Å². The highest BCUT2D eigenvalue weighted by Gasteiger charge is 2.52. The van der Waals surface area contributed by atoms with Crippen LogP contribution in [0.4, 0.5) is 0 Å². The van der Waals surface area contributed by atoms with Crippen LogP contribution >= 0.6 is 0 Å². The number of benzene rings is 3. The molecule has 0 saturated carbocycles. The predicted octanol–water partition coefficient (Wildman–Crippen LogP) is 6.11. The van der Waals surface area contributed by atoms with Crippen molar-refractivity contribution in [2.75, 3.05) is 20.2 Å². The molecule has 3 aromatic carbocycles. The van der Waals surface area contributed by atoms with Gasteiger partial charge in [-0.1, -0.05) is 54.6 Å². The number of aryl methyl sites for hydroxylation is 1. The van der Waals surface area contributed by atoms with E-state index in [1.54, 1.807) is 7.11 Å². The molecule has 5 heteroatoms. The van der Waals surface area contributed by atoms with Crippen LogP contribution in [0, 0.1) is 0 Å². The molecule has 5 nitrogen and oxygen atoms in total. The van der Waals surface area contributed by atoms with E-state index in [2.05, 4.69) is 76.6 Å². The molecular formula is C31H33N3O2. The fraction of sp³-hybridized carbons (Fsp3) is 0.387. The number of ether oxygens (including phenoxy) is 2. The maximum Gasteiger partial charge on any atom is 0.200 e. The summed E-state index contributed by atoms with van der Waals surface area (Å²) >= 11 is 0. The monoisotopic (exact) mass is 479 g/mol. The maximum atomic E-state index is 6.88. The number of fused-ring (bicyclic) bond motifs is 5. The minimum atomic E-state index is -0.398. The van der Waals surface area contributed by atoms with Crippen LogP contribution in [0.1, 0.15) is 66.4 Å². The summed E-state index contributed by atoms with van der Waals surface area (Å²) < 4.78 is 12.4. The molecule has 0 N–H and O–H groups in total. The Labute approximate surface area is 213 Å². The van der Waals surface area contributed by atoms with Crippen molar-refractivity contribution in [1.82, 2.24) is 9.91 Å². The Hall–Kier alpha value is -3.31. The van der Waals surface area contributed by atoms with Crippen LogP contribution in [-0.4, -0.2) is 41.5 Å². The number of hydrogen-bond acceptors (Lipinski definition) is 5. The molecule has 0 amide bonds. The lowest BCUT2D eigenvalue weighted by molar-refractivity contribution is -0.153. The van der Waals surface area contributed by atoms with E-state index in [9.17, 15) is 0 Å². The first kappa shape index (κ1) is 21.9. The van der Waals surface area contributed by atoms with Crippen molar-refractivity contribution < 1.29 is 9.47 Å². The van der Waals surface area contributed by atoms with Crippen molar-refractivity contribution in [3.8, 4) is 11.5 Å². The van der Waals surface area contributed by atoms with Crippen LogP contribution in [0.2, 0.25) is 0 Å². The average molecular weight is 480 g/mol. The first-order valence-corrected chi connectivity index (χ1v) is 13.4. The summed E-state index contributed by atoms with van der Waals surface area (Å²) in [6.45, 7) is 2.04. The second kappa shape index (κ2) is 8.67. The molecule has 2 atom stereocenters. The predicted molar refractivity (Wildman–Crippen MR) is 141 cm³/mol. The Kier molecular flexibility index (Phi) is 5.28. The van der Waals surface area contributed by atoms with Crippen molar-refractivity contribution in [1.29, 1.82) is 0 Å². The summed E-state index contributed by atoms with van der Waals surface area (Å²) in [5.74, 6) is 1.89. The molecule has 1 aliphatic carbocycles. The Morgan fingerprint density at radius 1 is 0.917 bits per heavy atom. The van der Waals surface area contributed by atoms with E-state index in [0.29, 0.717) is 6.04 Å². The minimum Gasteiger partial charge on any atom is -0.497 e.